The molecule has 0 saturated heterocycles. The van der Waals surface area contributed by atoms with Crippen molar-refractivity contribution in [2.75, 3.05) is 11.1 Å². The third kappa shape index (κ3) is 6.65. The van der Waals surface area contributed by atoms with Crippen LogP contribution in [0.15, 0.2) is 122 Å². The SMILES string of the molecule is Nc1ccc(N=Nc2ccc(C(=O)Nc3ccc(N=Nc4ccc(S(=O)(=O)O)cc4)cc3)cc2)cc1. The standard InChI is InChI=1S/C25H20N6O4S/c26-18-3-7-21(8-4-18)29-28-20-5-1-17(2-6-20)25(32)27-19-9-11-22(12-10-19)30-31-23-13-15-24(16-14-23)36(33,34)35/h1-16H,26H2,(H,27,32)(H,33,34,35). The highest BCUT2D eigenvalue weighted by Gasteiger charge is 2.08. The minimum atomic E-state index is -4.26. The third-order valence-corrected chi connectivity index (χ3v) is 5.71. The minimum absolute atomic E-state index is 0.223. The van der Waals surface area contributed by atoms with Crippen LogP contribution in [0.25, 0.3) is 0 Å². The number of carbonyl (C=O) groups is 1. The molecule has 0 spiro atoms. The molecule has 1 amide bonds. The van der Waals surface area contributed by atoms with E-state index in [1.165, 1.54) is 24.3 Å². The van der Waals surface area contributed by atoms with Crippen LogP contribution in [0.1, 0.15) is 10.4 Å². The maximum atomic E-state index is 12.6. The Bertz CT molecular complexity index is 1520. The van der Waals surface area contributed by atoms with Crippen molar-refractivity contribution >= 4 is 50.1 Å². The molecule has 4 N–H and O–H groups in total. The Morgan fingerprint density at radius 1 is 0.639 bits per heavy atom. The predicted octanol–water partition coefficient (Wildman–Crippen LogP) is 6.60. The van der Waals surface area contributed by atoms with E-state index < -0.39 is 10.1 Å². The summed E-state index contributed by atoms with van der Waals surface area (Å²) in [6.07, 6.45) is 0. The number of azo groups is 2. The zero-order valence-electron chi connectivity index (χ0n) is 18.7. The van der Waals surface area contributed by atoms with Crippen LogP contribution in [0.4, 0.5) is 34.1 Å². The number of hydrogen-bond donors (Lipinski definition) is 3. The average molecular weight is 501 g/mol. The van der Waals surface area contributed by atoms with Crippen molar-refractivity contribution in [2.24, 2.45) is 20.5 Å². The van der Waals surface area contributed by atoms with Gasteiger partial charge in [0.2, 0.25) is 0 Å². The van der Waals surface area contributed by atoms with Crippen molar-refractivity contribution in [2.45, 2.75) is 4.90 Å². The highest BCUT2D eigenvalue weighted by molar-refractivity contribution is 7.85. The smallest absolute Gasteiger partial charge is 0.294 e. The van der Waals surface area contributed by atoms with Gasteiger partial charge in [-0.05, 0) is 97.1 Å². The van der Waals surface area contributed by atoms with Gasteiger partial charge in [0.05, 0.1) is 27.6 Å². The van der Waals surface area contributed by atoms with Crippen LogP contribution in [0.5, 0.6) is 0 Å². The van der Waals surface area contributed by atoms with E-state index >= 15 is 0 Å². The Kier molecular flexibility index (Phi) is 7.23. The number of nitrogen functional groups attached to an aromatic ring is 1. The summed E-state index contributed by atoms with van der Waals surface area (Å²) in [7, 11) is -4.26. The van der Waals surface area contributed by atoms with Gasteiger partial charge in [0.1, 0.15) is 0 Å². The van der Waals surface area contributed by atoms with Gasteiger partial charge in [-0.2, -0.15) is 28.9 Å². The number of nitrogens with zero attached hydrogens (tertiary/aromatic N) is 4. The van der Waals surface area contributed by atoms with Crippen molar-refractivity contribution < 1.29 is 17.8 Å². The molecule has 0 bridgehead atoms. The highest BCUT2D eigenvalue weighted by atomic mass is 32.2. The molecule has 10 nitrogen and oxygen atoms in total. The minimum Gasteiger partial charge on any atom is -0.399 e. The number of amides is 1. The van der Waals surface area contributed by atoms with Crippen LogP contribution in [-0.2, 0) is 10.1 Å². The first-order valence-corrected chi connectivity index (χ1v) is 12.0. The fourth-order valence-corrected chi connectivity index (χ4v) is 3.43. The van der Waals surface area contributed by atoms with E-state index in [0.717, 1.165) is 0 Å². The summed E-state index contributed by atoms with van der Waals surface area (Å²) < 4.78 is 31.2. The lowest BCUT2D eigenvalue weighted by atomic mass is 10.2. The van der Waals surface area contributed by atoms with Gasteiger partial charge in [-0.15, -0.1) is 0 Å². The quantitative estimate of drug-likeness (QED) is 0.148. The van der Waals surface area contributed by atoms with E-state index in [-0.39, 0.29) is 10.8 Å². The van der Waals surface area contributed by atoms with Crippen LogP contribution < -0.4 is 11.1 Å². The summed E-state index contributed by atoms with van der Waals surface area (Å²) in [4.78, 5) is 12.3. The Hall–Kier alpha value is -4.74. The molecule has 4 rings (SSSR count). The van der Waals surface area contributed by atoms with Crippen molar-refractivity contribution in [3.8, 4) is 0 Å². The second kappa shape index (κ2) is 10.7. The lowest BCUT2D eigenvalue weighted by Crippen LogP contribution is -2.11. The van der Waals surface area contributed by atoms with Crippen molar-refractivity contribution in [1.82, 2.24) is 0 Å². The fraction of sp³-hybridized carbons (Fsp3) is 0. The van der Waals surface area contributed by atoms with Crippen LogP contribution in [0.3, 0.4) is 0 Å². The van der Waals surface area contributed by atoms with Crippen molar-refractivity contribution in [3.05, 3.63) is 103 Å². The van der Waals surface area contributed by atoms with E-state index in [1.54, 1.807) is 72.8 Å². The van der Waals surface area contributed by atoms with Crippen LogP contribution in [-0.4, -0.2) is 18.9 Å². The largest absolute Gasteiger partial charge is 0.399 e. The molecule has 0 fully saturated rings. The first-order chi connectivity index (χ1) is 17.3. The van der Waals surface area contributed by atoms with Crippen molar-refractivity contribution in [1.29, 1.82) is 0 Å². The Morgan fingerprint density at radius 3 is 1.47 bits per heavy atom. The number of anilines is 2. The number of nitrogens with one attached hydrogen (secondary N) is 1. The number of hydrogen-bond acceptors (Lipinski definition) is 8. The molecule has 0 aliphatic heterocycles. The Labute approximate surface area is 207 Å². The molecule has 4 aromatic carbocycles. The lowest BCUT2D eigenvalue weighted by Gasteiger charge is -2.05. The van der Waals surface area contributed by atoms with Gasteiger partial charge in [-0.1, -0.05) is 0 Å². The van der Waals surface area contributed by atoms with E-state index in [2.05, 4.69) is 25.8 Å². The summed E-state index contributed by atoms with van der Waals surface area (Å²) in [5.74, 6) is -0.287. The molecule has 0 unspecified atom stereocenters. The predicted molar refractivity (Wildman–Crippen MR) is 136 cm³/mol. The van der Waals surface area contributed by atoms with E-state index in [0.29, 0.717) is 39.7 Å². The summed E-state index contributed by atoms with van der Waals surface area (Å²) in [5.41, 5.74) is 9.55. The lowest BCUT2D eigenvalue weighted by molar-refractivity contribution is 0.102. The molecule has 0 saturated carbocycles. The summed E-state index contributed by atoms with van der Waals surface area (Å²) >= 11 is 0. The summed E-state index contributed by atoms with van der Waals surface area (Å²) in [5, 5.41) is 19.2. The first kappa shape index (κ1) is 24.4. The van der Waals surface area contributed by atoms with E-state index in [9.17, 15) is 13.2 Å². The molecule has 0 heterocycles. The number of carbonyl (C=O) groups excluding carboxylic acids is 1. The van der Waals surface area contributed by atoms with E-state index in [4.69, 9.17) is 10.3 Å². The molecule has 11 heteroatoms. The molecule has 0 aromatic heterocycles. The molecule has 0 radical (unpaired) electrons. The molecule has 0 aliphatic rings. The molecular weight excluding hydrogens is 480 g/mol. The molecule has 180 valence electrons. The number of nitrogens with two attached hydrogens (primary N) is 1. The van der Waals surface area contributed by atoms with Crippen LogP contribution in [0, 0.1) is 0 Å². The van der Waals surface area contributed by atoms with Gasteiger partial charge in [0.25, 0.3) is 16.0 Å². The van der Waals surface area contributed by atoms with Gasteiger partial charge < -0.3 is 11.1 Å². The molecule has 36 heavy (non-hydrogen) atoms. The van der Waals surface area contributed by atoms with Gasteiger partial charge in [-0.3, -0.25) is 9.35 Å². The zero-order chi connectivity index (χ0) is 25.5. The number of benzene rings is 4. The maximum absolute atomic E-state index is 12.6. The van der Waals surface area contributed by atoms with E-state index in [1.807, 2.05) is 0 Å². The third-order valence-electron chi connectivity index (χ3n) is 4.84. The molecule has 4 aromatic rings. The maximum Gasteiger partial charge on any atom is 0.294 e. The van der Waals surface area contributed by atoms with Crippen molar-refractivity contribution in [3.63, 3.8) is 0 Å². The van der Waals surface area contributed by atoms with Gasteiger partial charge in [0, 0.05) is 16.9 Å². The highest BCUT2D eigenvalue weighted by Crippen LogP contribution is 2.23. The average Bonchev–Trinajstić information content (AvgIpc) is 2.88. The fourth-order valence-electron chi connectivity index (χ4n) is 2.95. The summed E-state index contributed by atoms with van der Waals surface area (Å²) in [6.45, 7) is 0. The van der Waals surface area contributed by atoms with Gasteiger partial charge in [0.15, 0.2) is 0 Å². The van der Waals surface area contributed by atoms with Gasteiger partial charge in [-0.25, -0.2) is 0 Å². The van der Waals surface area contributed by atoms with Crippen LogP contribution in [0.2, 0.25) is 0 Å². The number of rotatable bonds is 7. The second-order valence-corrected chi connectivity index (χ2v) is 8.93. The molecular formula is C25H20N6O4S. The molecule has 0 aliphatic carbocycles. The first-order valence-electron chi connectivity index (χ1n) is 10.5. The van der Waals surface area contributed by atoms with Crippen LogP contribution >= 0.6 is 0 Å². The molecule has 0 atom stereocenters. The topological polar surface area (TPSA) is 159 Å². The monoisotopic (exact) mass is 500 g/mol. The van der Waals surface area contributed by atoms with Gasteiger partial charge >= 0.3 is 0 Å². The Balaban J connectivity index is 1.34. The summed E-state index contributed by atoms with van der Waals surface area (Å²) in [6, 6.07) is 25.7. The normalized spacial score (nSPS) is 11.7. The Morgan fingerprint density at radius 2 is 1.03 bits per heavy atom. The zero-order valence-corrected chi connectivity index (χ0v) is 19.5. The second-order valence-electron chi connectivity index (χ2n) is 7.51.